The maximum Gasteiger partial charge on any atom is 0.435 e. The summed E-state index contributed by atoms with van der Waals surface area (Å²) in [5, 5.41) is 2.85. The second-order valence-corrected chi connectivity index (χ2v) is 12.3. The molecule has 1 saturated carbocycles. The number of carbonyl (C=O) groups excluding carboxylic acids is 1. The number of rotatable bonds is 6. The summed E-state index contributed by atoms with van der Waals surface area (Å²) in [5.74, 6) is -2.05. The van der Waals surface area contributed by atoms with Gasteiger partial charge in [-0.15, -0.1) is 0 Å². The second kappa shape index (κ2) is 10.6. The minimum Gasteiger partial charge on any atom is -0.381 e. The van der Waals surface area contributed by atoms with Crippen LogP contribution in [0.3, 0.4) is 0 Å². The molecule has 1 aliphatic carbocycles. The summed E-state index contributed by atoms with van der Waals surface area (Å²) in [6, 6.07) is 5.47. The quantitative estimate of drug-likeness (QED) is 0.333. The largest absolute Gasteiger partial charge is 0.435 e. The van der Waals surface area contributed by atoms with Crippen molar-refractivity contribution in [2.24, 2.45) is 5.92 Å². The Balaban J connectivity index is 1.75. The standard InChI is InChI=1S/C26H25F8NO4S/c27-19-5-7-21(8-6-19)40(37,38)23(12-9-16(15-23)22(36)35-20-10-13-39-14-11-20)17-1-3-18(4-2-17)24(28,25(29,30)31)26(32,33)34/h1-8,16,20H,9-15H2,(H,35,36). The van der Waals surface area contributed by atoms with E-state index in [4.69, 9.17) is 4.74 Å². The van der Waals surface area contributed by atoms with Gasteiger partial charge in [-0.3, -0.25) is 4.79 Å². The molecule has 220 valence electrons. The molecule has 2 fully saturated rings. The van der Waals surface area contributed by atoms with Crippen molar-refractivity contribution in [3.05, 3.63) is 65.5 Å². The number of halogens is 8. The van der Waals surface area contributed by atoms with Crippen LogP contribution in [-0.2, 0) is 29.8 Å². The van der Waals surface area contributed by atoms with Crippen LogP contribution in [0.2, 0.25) is 0 Å². The molecule has 1 amide bonds. The van der Waals surface area contributed by atoms with Crippen molar-refractivity contribution in [3.8, 4) is 0 Å². The van der Waals surface area contributed by atoms with Gasteiger partial charge in [-0.25, -0.2) is 17.2 Å². The number of sulfone groups is 1. The number of carbonyl (C=O) groups is 1. The van der Waals surface area contributed by atoms with Crippen LogP contribution < -0.4 is 5.32 Å². The Bertz CT molecular complexity index is 1310. The lowest BCUT2D eigenvalue weighted by atomic mass is 9.89. The van der Waals surface area contributed by atoms with Crippen LogP contribution >= 0.6 is 0 Å². The van der Waals surface area contributed by atoms with Crippen LogP contribution in [0.5, 0.6) is 0 Å². The Morgan fingerprint density at radius 1 is 0.850 bits per heavy atom. The smallest absolute Gasteiger partial charge is 0.381 e. The lowest BCUT2D eigenvalue weighted by Gasteiger charge is -2.33. The number of amides is 1. The molecule has 2 aromatic carbocycles. The van der Waals surface area contributed by atoms with Crippen LogP contribution in [0.15, 0.2) is 53.4 Å². The van der Waals surface area contributed by atoms with Crippen molar-refractivity contribution in [1.82, 2.24) is 5.32 Å². The molecule has 2 unspecified atom stereocenters. The van der Waals surface area contributed by atoms with Gasteiger partial charge < -0.3 is 10.1 Å². The highest BCUT2D eigenvalue weighted by Gasteiger charge is 2.73. The van der Waals surface area contributed by atoms with Crippen molar-refractivity contribution >= 4 is 15.7 Å². The fourth-order valence-corrected chi connectivity index (χ4v) is 7.59. The molecule has 1 saturated heterocycles. The van der Waals surface area contributed by atoms with Crippen molar-refractivity contribution in [2.45, 2.75) is 65.8 Å². The topological polar surface area (TPSA) is 72.5 Å². The Kier molecular flexibility index (Phi) is 8.00. The van der Waals surface area contributed by atoms with Crippen molar-refractivity contribution < 1.29 is 53.1 Å². The van der Waals surface area contributed by atoms with Crippen LogP contribution in [-0.4, -0.2) is 45.9 Å². The molecule has 1 N–H and O–H groups in total. The first-order valence-electron chi connectivity index (χ1n) is 12.3. The molecule has 2 aromatic rings. The Morgan fingerprint density at radius 3 is 1.93 bits per heavy atom. The van der Waals surface area contributed by atoms with Crippen LogP contribution in [0.25, 0.3) is 0 Å². The van der Waals surface area contributed by atoms with Crippen molar-refractivity contribution in [2.75, 3.05) is 13.2 Å². The van der Waals surface area contributed by atoms with Gasteiger partial charge in [0, 0.05) is 30.7 Å². The third kappa shape index (κ3) is 5.19. The molecule has 0 bridgehead atoms. The predicted molar refractivity (Wildman–Crippen MR) is 126 cm³/mol. The summed E-state index contributed by atoms with van der Waals surface area (Å²) in [5.41, 5.74) is -7.67. The van der Waals surface area contributed by atoms with E-state index in [0.717, 1.165) is 24.3 Å². The minimum absolute atomic E-state index is 0.0371. The van der Waals surface area contributed by atoms with Gasteiger partial charge in [0.05, 0.1) is 4.90 Å². The van der Waals surface area contributed by atoms with E-state index in [2.05, 4.69) is 5.32 Å². The highest BCUT2D eigenvalue weighted by molar-refractivity contribution is 7.92. The number of benzene rings is 2. The fourth-order valence-electron chi connectivity index (χ4n) is 5.39. The molecule has 14 heteroatoms. The first-order valence-corrected chi connectivity index (χ1v) is 13.8. The Hall–Kier alpha value is -2.74. The molecule has 0 aromatic heterocycles. The van der Waals surface area contributed by atoms with E-state index in [1.165, 1.54) is 0 Å². The Labute approximate surface area is 224 Å². The fraction of sp³-hybridized carbons (Fsp3) is 0.500. The lowest BCUT2D eigenvalue weighted by molar-refractivity contribution is -0.348. The number of nitrogens with one attached hydrogen (secondary N) is 1. The summed E-state index contributed by atoms with van der Waals surface area (Å²) >= 11 is 0. The minimum atomic E-state index is -6.34. The number of ether oxygens (including phenoxy) is 1. The molecule has 1 aliphatic heterocycles. The molecule has 5 nitrogen and oxygen atoms in total. The predicted octanol–water partition coefficient (Wildman–Crippen LogP) is 5.88. The first-order chi connectivity index (χ1) is 18.5. The van der Waals surface area contributed by atoms with E-state index in [1.54, 1.807) is 0 Å². The molecule has 0 radical (unpaired) electrons. The van der Waals surface area contributed by atoms with E-state index in [9.17, 15) is 48.3 Å². The van der Waals surface area contributed by atoms with Gasteiger partial charge in [0.1, 0.15) is 10.6 Å². The molecule has 4 rings (SSSR count). The summed E-state index contributed by atoms with van der Waals surface area (Å²) in [6.07, 6.45) is -12.1. The summed E-state index contributed by atoms with van der Waals surface area (Å²) in [6.45, 7) is 0.855. The summed E-state index contributed by atoms with van der Waals surface area (Å²) in [4.78, 5) is 12.7. The summed E-state index contributed by atoms with van der Waals surface area (Å²) < 4.78 is 139. The molecule has 2 atom stereocenters. The monoisotopic (exact) mass is 599 g/mol. The van der Waals surface area contributed by atoms with Gasteiger partial charge in [-0.05, 0) is 61.9 Å². The zero-order valence-electron chi connectivity index (χ0n) is 20.8. The van der Waals surface area contributed by atoms with Gasteiger partial charge in [-0.2, -0.15) is 26.3 Å². The van der Waals surface area contributed by atoms with E-state index in [1.807, 2.05) is 0 Å². The Morgan fingerprint density at radius 2 is 1.40 bits per heavy atom. The average molecular weight is 600 g/mol. The number of alkyl halides is 7. The molecule has 2 aliphatic rings. The van der Waals surface area contributed by atoms with E-state index >= 15 is 0 Å². The zero-order valence-corrected chi connectivity index (χ0v) is 21.6. The van der Waals surface area contributed by atoms with Crippen LogP contribution in [0, 0.1) is 11.7 Å². The van der Waals surface area contributed by atoms with Crippen LogP contribution in [0.4, 0.5) is 35.1 Å². The third-order valence-corrected chi connectivity index (χ3v) is 10.2. The third-order valence-electron chi connectivity index (χ3n) is 7.64. The molecular formula is C26H25F8NO4S. The zero-order chi connectivity index (χ0) is 29.6. The van der Waals surface area contributed by atoms with Gasteiger partial charge in [0.2, 0.25) is 5.91 Å². The van der Waals surface area contributed by atoms with Gasteiger partial charge >= 0.3 is 18.0 Å². The normalized spacial score (nSPS) is 23.2. The lowest BCUT2D eigenvalue weighted by Crippen LogP contribution is -2.50. The molecule has 0 spiro atoms. The van der Waals surface area contributed by atoms with E-state index < -0.39 is 55.8 Å². The van der Waals surface area contributed by atoms with Gasteiger partial charge in [0.25, 0.3) is 0 Å². The molecule has 1 heterocycles. The summed E-state index contributed by atoms with van der Waals surface area (Å²) in [7, 11) is -4.48. The highest BCUT2D eigenvalue weighted by atomic mass is 32.2. The second-order valence-electron chi connectivity index (χ2n) is 10.0. The maximum absolute atomic E-state index is 14.6. The molecular weight excluding hydrogens is 574 g/mol. The van der Waals surface area contributed by atoms with E-state index in [-0.39, 0.29) is 47.9 Å². The van der Waals surface area contributed by atoms with Crippen molar-refractivity contribution in [3.63, 3.8) is 0 Å². The average Bonchev–Trinajstić information content (AvgIpc) is 3.36. The first kappa shape index (κ1) is 30.2. The van der Waals surface area contributed by atoms with Crippen LogP contribution in [0.1, 0.15) is 43.2 Å². The number of hydrogen-bond acceptors (Lipinski definition) is 4. The van der Waals surface area contributed by atoms with Gasteiger partial charge in [0.15, 0.2) is 9.84 Å². The van der Waals surface area contributed by atoms with Gasteiger partial charge in [-0.1, -0.05) is 24.3 Å². The molecule has 40 heavy (non-hydrogen) atoms. The van der Waals surface area contributed by atoms with E-state index in [0.29, 0.717) is 38.2 Å². The number of hydrogen-bond donors (Lipinski definition) is 1. The SMILES string of the molecule is O=C(NC1CCOCC1)C1CCC(c2ccc(C(F)(C(F)(F)F)C(F)(F)F)cc2)(S(=O)(=O)c2ccc(F)cc2)C1. The maximum atomic E-state index is 14.6. The highest BCUT2D eigenvalue weighted by Crippen LogP contribution is 2.55. The van der Waals surface area contributed by atoms with Crippen molar-refractivity contribution in [1.29, 1.82) is 0 Å².